The number of nitrogens with zero attached hydrogens (tertiary/aromatic N) is 2. The molecule has 13 heavy (non-hydrogen) atoms. The van der Waals surface area contributed by atoms with Gasteiger partial charge in [0.1, 0.15) is 0 Å². The molecule has 0 aliphatic carbocycles. The van der Waals surface area contributed by atoms with Gasteiger partial charge in [0.15, 0.2) is 0 Å². The van der Waals surface area contributed by atoms with Crippen LogP contribution in [-0.2, 0) is 9.53 Å². The molecule has 0 aromatic carbocycles. The third kappa shape index (κ3) is 2.01. The van der Waals surface area contributed by atoms with Crippen LogP contribution in [0.2, 0.25) is 0 Å². The maximum atomic E-state index is 11.0. The van der Waals surface area contributed by atoms with E-state index in [0.29, 0.717) is 4.68 Å². The molecule has 0 radical (unpaired) electrons. The van der Waals surface area contributed by atoms with E-state index in [4.69, 9.17) is 5.41 Å². The molecule has 7 nitrogen and oxygen atoms in total. The van der Waals surface area contributed by atoms with Gasteiger partial charge in [-0.3, -0.25) is 5.41 Å². The number of rotatable bonds is 1. The Morgan fingerprint density at radius 2 is 2.46 bits per heavy atom. The summed E-state index contributed by atoms with van der Waals surface area (Å²) in [6.07, 6.45) is 0.971. The fourth-order valence-corrected chi connectivity index (χ4v) is 0.628. The van der Waals surface area contributed by atoms with E-state index in [1.54, 1.807) is 6.92 Å². The number of hydrogen-bond donors (Lipinski definition) is 1. The van der Waals surface area contributed by atoms with Crippen LogP contribution in [0, 0.1) is 5.41 Å². The lowest BCUT2D eigenvalue weighted by atomic mass is 10.6. The van der Waals surface area contributed by atoms with Gasteiger partial charge in [0.05, 0.1) is 6.61 Å². The average molecular weight is 185 g/mol. The Labute approximate surface area is 72.4 Å². The van der Waals surface area contributed by atoms with Crippen molar-refractivity contribution in [1.29, 1.82) is 5.41 Å². The number of aromatic nitrogens is 2. The van der Waals surface area contributed by atoms with E-state index in [9.17, 15) is 9.59 Å². The molecule has 0 atom stereocenters. The number of hydrogen-bond acceptors (Lipinski definition) is 5. The molecule has 1 rings (SSSR count). The zero-order valence-corrected chi connectivity index (χ0v) is 6.81. The van der Waals surface area contributed by atoms with Gasteiger partial charge < -0.3 is 9.26 Å². The Kier molecular flexibility index (Phi) is 2.58. The monoisotopic (exact) mass is 185 g/mol. The zero-order valence-electron chi connectivity index (χ0n) is 6.81. The van der Waals surface area contributed by atoms with Crippen LogP contribution in [0.5, 0.6) is 0 Å². The number of esters is 1. The Hall–Kier alpha value is -1.92. The zero-order chi connectivity index (χ0) is 9.84. The average Bonchev–Trinajstić information content (AvgIpc) is 2.51. The van der Waals surface area contributed by atoms with Crippen LogP contribution in [0.25, 0.3) is 0 Å². The van der Waals surface area contributed by atoms with Crippen LogP contribution in [0.1, 0.15) is 11.7 Å². The normalized spacial score (nSPS) is 9.62. The number of ether oxygens (including phenoxy) is 1. The topological polar surface area (TPSA) is 98.3 Å². The summed E-state index contributed by atoms with van der Waals surface area (Å²) in [7, 11) is 0. The van der Waals surface area contributed by atoms with Gasteiger partial charge in [-0.05, 0) is 6.92 Å². The lowest BCUT2D eigenvalue weighted by molar-refractivity contribution is -0.651. The van der Waals surface area contributed by atoms with E-state index < -0.39 is 11.9 Å². The molecule has 1 N–H and O–H groups in total. The summed E-state index contributed by atoms with van der Waals surface area (Å²) in [5.74, 6) is -2.01. The van der Waals surface area contributed by atoms with Gasteiger partial charge in [0.2, 0.25) is 6.20 Å². The van der Waals surface area contributed by atoms with Crippen molar-refractivity contribution in [2.24, 2.45) is 0 Å². The van der Waals surface area contributed by atoms with E-state index in [2.05, 4.69) is 14.5 Å². The molecular formula is C6H7N3O4. The summed E-state index contributed by atoms with van der Waals surface area (Å²) < 4.78 is 9.29. The van der Waals surface area contributed by atoms with Gasteiger partial charge in [-0.2, -0.15) is 4.68 Å². The van der Waals surface area contributed by atoms with Crippen molar-refractivity contribution in [3.05, 3.63) is 11.8 Å². The first kappa shape index (κ1) is 9.17. The van der Waals surface area contributed by atoms with Crippen LogP contribution in [0.3, 0.4) is 0 Å². The highest BCUT2D eigenvalue weighted by atomic mass is 16.5. The second-order valence-electron chi connectivity index (χ2n) is 2.04. The Balaban J connectivity index is 2.79. The van der Waals surface area contributed by atoms with E-state index in [1.807, 2.05) is 0 Å². The van der Waals surface area contributed by atoms with Gasteiger partial charge >= 0.3 is 11.9 Å². The van der Waals surface area contributed by atoms with Gasteiger partial charge in [-0.15, -0.1) is 0 Å². The third-order valence-electron chi connectivity index (χ3n) is 1.12. The maximum Gasteiger partial charge on any atom is 0.495 e. The highest BCUT2D eigenvalue weighted by Gasteiger charge is 2.24. The van der Waals surface area contributed by atoms with Crippen LogP contribution in [-0.4, -0.2) is 18.5 Å². The summed E-state index contributed by atoms with van der Waals surface area (Å²) in [5, 5.41) is 10.0. The van der Waals surface area contributed by atoms with Gasteiger partial charge in [-0.1, -0.05) is 0 Å². The summed E-state index contributed by atoms with van der Waals surface area (Å²) in [4.78, 5) is 21.8. The highest BCUT2D eigenvalue weighted by Crippen LogP contribution is 1.76. The fraction of sp³-hybridized carbons (Fsp3) is 0.333. The van der Waals surface area contributed by atoms with Crippen LogP contribution in [0.15, 0.2) is 10.7 Å². The standard InChI is InChI=1S/C6H7N3O4/c1-2-12-6(11)5(10)9-3-4(7)13-8-9/h3,7H,2H2,1H3. The Morgan fingerprint density at radius 3 is 2.92 bits per heavy atom. The minimum Gasteiger partial charge on any atom is -0.486 e. The van der Waals surface area contributed by atoms with Gasteiger partial charge in [-0.25, -0.2) is 14.9 Å². The third-order valence-corrected chi connectivity index (χ3v) is 1.12. The smallest absolute Gasteiger partial charge is 0.486 e. The predicted octanol–water partition coefficient (Wildman–Crippen LogP) is -1.79. The summed E-state index contributed by atoms with van der Waals surface area (Å²) >= 11 is 0. The molecule has 0 aliphatic heterocycles. The molecule has 0 spiro atoms. The SMILES string of the molecule is CCOC(=O)C(=O)[n+]1cc(=N)o[n-]1. The predicted molar refractivity (Wildman–Crippen MR) is 35.3 cm³/mol. The van der Waals surface area contributed by atoms with Crippen molar-refractivity contribution < 1.29 is 23.5 Å². The Morgan fingerprint density at radius 1 is 1.77 bits per heavy atom. The first-order valence-electron chi connectivity index (χ1n) is 3.47. The molecule has 0 unspecified atom stereocenters. The van der Waals surface area contributed by atoms with Crippen molar-refractivity contribution in [1.82, 2.24) is 5.27 Å². The first-order chi connectivity index (χ1) is 6.15. The fourth-order valence-electron chi connectivity index (χ4n) is 0.628. The van der Waals surface area contributed by atoms with Crippen molar-refractivity contribution in [2.45, 2.75) is 6.92 Å². The largest absolute Gasteiger partial charge is 0.495 e. The van der Waals surface area contributed by atoms with E-state index in [0.717, 1.165) is 6.20 Å². The molecule has 1 heterocycles. The molecule has 0 aliphatic rings. The molecule has 1 aromatic rings. The lowest BCUT2D eigenvalue weighted by Gasteiger charge is -1.95. The molecule has 0 saturated heterocycles. The summed E-state index contributed by atoms with van der Waals surface area (Å²) in [6, 6.07) is 0. The number of nitrogens with one attached hydrogen (secondary N) is 1. The second kappa shape index (κ2) is 3.65. The van der Waals surface area contributed by atoms with Gasteiger partial charge in [0.25, 0.3) is 5.55 Å². The Bertz CT molecular complexity index is 377. The molecule has 0 amide bonds. The number of carbonyl (C=O) groups excluding carboxylic acids is 2. The van der Waals surface area contributed by atoms with Crippen molar-refractivity contribution in [3.8, 4) is 0 Å². The van der Waals surface area contributed by atoms with Crippen LogP contribution < -0.4 is 15.5 Å². The molecule has 1 aromatic heterocycles. The molecule has 0 bridgehead atoms. The van der Waals surface area contributed by atoms with E-state index in [-0.39, 0.29) is 12.2 Å². The lowest BCUT2D eigenvalue weighted by Crippen LogP contribution is -2.50. The van der Waals surface area contributed by atoms with Crippen LogP contribution in [0.4, 0.5) is 0 Å². The molecular weight excluding hydrogens is 178 g/mol. The van der Waals surface area contributed by atoms with Crippen molar-refractivity contribution >= 4 is 11.9 Å². The van der Waals surface area contributed by atoms with Crippen LogP contribution >= 0.6 is 0 Å². The van der Waals surface area contributed by atoms with E-state index >= 15 is 0 Å². The highest BCUT2D eigenvalue weighted by molar-refractivity contribution is 6.28. The second-order valence-corrected chi connectivity index (χ2v) is 2.04. The van der Waals surface area contributed by atoms with Crippen molar-refractivity contribution in [3.63, 3.8) is 0 Å². The minimum absolute atomic E-state index is 0.108. The minimum atomic E-state index is -1.03. The molecule has 7 heteroatoms. The van der Waals surface area contributed by atoms with Gasteiger partial charge in [0, 0.05) is 0 Å². The quantitative estimate of drug-likeness (QED) is 0.316. The van der Waals surface area contributed by atoms with Crippen molar-refractivity contribution in [2.75, 3.05) is 6.61 Å². The molecule has 70 valence electrons. The summed E-state index contributed by atoms with van der Waals surface area (Å²) in [5.41, 5.74) is -0.308. The molecule has 0 saturated carbocycles. The summed E-state index contributed by atoms with van der Waals surface area (Å²) in [6.45, 7) is 1.69. The van der Waals surface area contributed by atoms with E-state index in [1.165, 1.54) is 0 Å². The molecule has 0 fully saturated rings. The maximum absolute atomic E-state index is 11.0. The number of carbonyl (C=O) groups is 2. The first-order valence-corrected chi connectivity index (χ1v) is 3.47.